The normalized spacial score (nSPS) is 31.9. The number of rotatable bonds is 4. The van der Waals surface area contributed by atoms with Crippen LogP contribution >= 0.6 is 0 Å². The summed E-state index contributed by atoms with van der Waals surface area (Å²) in [7, 11) is 0. The van der Waals surface area contributed by atoms with Crippen molar-refractivity contribution in [1.29, 1.82) is 0 Å². The Kier molecular flexibility index (Phi) is 5.17. The summed E-state index contributed by atoms with van der Waals surface area (Å²) < 4.78 is 0. The molecule has 0 spiro atoms. The quantitative estimate of drug-likeness (QED) is 0.837. The van der Waals surface area contributed by atoms with Crippen molar-refractivity contribution in [3.8, 4) is 0 Å². The van der Waals surface area contributed by atoms with Crippen LogP contribution in [0.4, 0.5) is 0 Å². The molecule has 0 radical (unpaired) electrons. The lowest BCUT2D eigenvalue weighted by Gasteiger charge is -2.35. The first-order valence-corrected chi connectivity index (χ1v) is 8.87. The van der Waals surface area contributed by atoms with Crippen LogP contribution in [0.5, 0.6) is 0 Å². The predicted molar refractivity (Wildman–Crippen MR) is 81.4 cm³/mol. The van der Waals surface area contributed by atoms with Crippen molar-refractivity contribution in [1.82, 2.24) is 10.2 Å². The monoisotopic (exact) mass is 264 g/mol. The second-order valence-corrected chi connectivity index (χ2v) is 7.17. The number of hydrogen-bond donors (Lipinski definition) is 1. The Labute approximate surface area is 119 Å². The van der Waals surface area contributed by atoms with Crippen molar-refractivity contribution in [2.45, 2.75) is 70.3 Å². The average molecular weight is 264 g/mol. The highest BCUT2D eigenvalue weighted by Gasteiger charge is 2.28. The van der Waals surface area contributed by atoms with Crippen LogP contribution in [0.3, 0.4) is 0 Å². The Morgan fingerprint density at radius 1 is 0.842 bits per heavy atom. The topological polar surface area (TPSA) is 15.3 Å². The molecule has 0 aromatic rings. The molecule has 19 heavy (non-hydrogen) atoms. The Bertz CT molecular complexity index is 246. The molecule has 0 aromatic carbocycles. The third-order valence-electron chi connectivity index (χ3n) is 5.88. The highest BCUT2D eigenvalue weighted by Crippen LogP contribution is 2.28. The van der Waals surface area contributed by atoms with Crippen molar-refractivity contribution in [2.75, 3.05) is 26.2 Å². The lowest BCUT2D eigenvalue weighted by Crippen LogP contribution is -2.41. The standard InChI is InChI=1S/C17H32N2/c1-2-5-15(6-3-1)8-12-19-13-9-16(10-14-19)17-7-4-11-18-17/h15-18H,1-14H2. The van der Waals surface area contributed by atoms with Gasteiger partial charge in [-0.1, -0.05) is 32.1 Å². The van der Waals surface area contributed by atoms with Crippen molar-refractivity contribution < 1.29 is 0 Å². The van der Waals surface area contributed by atoms with Gasteiger partial charge in [-0.15, -0.1) is 0 Å². The van der Waals surface area contributed by atoms with Gasteiger partial charge < -0.3 is 10.2 Å². The van der Waals surface area contributed by atoms with Gasteiger partial charge in [-0.3, -0.25) is 0 Å². The van der Waals surface area contributed by atoms with Gasteiger partial charge in [0.05, 0.1) is 0 Å². The van der Waals surface area contributed by atoms with Gasteiger partial charge in [0.15, 0.2) is 0 Å². The lowest BCUT2D eigenvalue weighted by molar-refractivity contribution is 0.150. The van der Waals surface area contributed by atoms with E-state index in [-0.39, 0.29) is 0 Å². The fourth-order valence-electron chi connectivity index (χ4n) is 4.53. The van der Waals surface area contributed by atoms with E-state index in [1.54, 1.807) is 0 Å². The molecule has 0 amide bonds. The van der Waals surface area contributed by atoms with E-state index in [4.69, 9.17) is 0 Å². The van der Waals surface area contributed by atoms with Gasteiger partial charge >= 0.3 is 0 Å². The van der Waals surface area contributed by atoms with E-state index in [1.807, 2.05) is 0 Å². The third-order valence-corrected chi connectivity index (χ3v) is 5.88. The maximum atomic E-state index is 3.71. The van der Waals surface area contributed by atoms with E-state index in [2.05, 4.69) is 10.2 Å². The molecule has 3 fully saturated rings. The molecule has 3 rings (SSSR count). The zero-order chi connectivity index (χ0) is 12.9. The molecule has 2 saturated heterocycles. The second kappa shape index (κ2) is 7.08. The molecule has 1 unspecified atom stereocenters. The van der Waals surface area contributed by atoms with Gasteiger partial charge in [0.1, 0.15) is 0 Å². The van der Waals surface area contributed by atoms with Crippen molar-refractivity contribution >= 4 is 0 Å². The first-order chi connectivity index (χ1) is 9.42. The number of piperidine rings is 1. The zero-order valence-electron chi connectivity index (χ0n) is 12.6. The summed E-state index contributed by atoms with van der Waals surface area (Å²) >= 11 is 0. The van der Waals surface area contributed by atoms with Gasteiger partial charge in [-0.2, -0.15) is 0 Å². The van der Waals surface area contributed by atoms with Crippen LogP contribution in [0.1, 0.15) is 64.2 Å². The molecule has 110 valence electrons. The van der Waals surface area contributed by atoms with E-state index in [1.165, 1.54) is 90.4 Å². The number of nitrogens with zero attached hydrogens (tertiary/aromatic N) is 1. The Morgan fingerprint density at radius 2 is 1.63 bits per heavy atom. The van der Waals surface area contributed by atoms with Crippen molar-refractivity contribution in [3.05, 3.63) is 0 Å². The molecule has 2 heteroatoms. The molecule has 2 nitrogen and oxygen atoms in total. The lowest BCUT2D eigenvalue weighted by atomic mass is 9.86. The SMILES string of the molecule is C1CCC(CCN2CCC(C3CCCN3)CC2)CC1. The number of hydrogen-bond acceptors (Lipinski definition) is 2. The fourth-order valence-corrected chi connectivity index (χ4v) is 4.53. The molecular weight excluding hydrogens is 232 g/mol. The van der Waals surface area contributed by atoms with Gasteiger partial charge in [0.25, 0.3) is 0 Å². The van der Waals surface area contributed by atoms with Crippen LogP contribution in [0.2, 0.25) is 0 Å². The van der Waals surface area contributed by atoms with Crippen LogP contribution < -0.4 is 5.32 Å². The van der Waals surface area contributed by atoms with Crippen LogP contribution in [0.15, 0.2) is 0 Å². The molecule has 1 atom stereocenters. The number of likely N-dealkylation sites (tertiary alicyclic amines) is 1. The summed E-state index contributed by atoms with van der Waals surface area (Å²) in [5.74, 6) is 2.04. The molecule has 1 aliphatic carbocycles. The molecule has 2 heterocycles. The van der Waals surface area contributed by atoms with E-state index < -0.39 is 0 Å². The summed E-state index contributed by atoms with van der Waals surface area (Å²) in [6, 6.07) is 0.862. The number of nitrogens with one attached hydrogen (secondary N) is 1. The highest BCUT2D eigenvalue weighted by molar-refractivity contribution is 4.85. The van der Waals surface area contributed by atoms with E-state index in [0.29, 0.717) is 0 Å². The molecule has 0 bridgehead atoms. The molecule has 3 aliphatic rings. The fraction of sp³-hybridized carbons (Fsp3) is 1.00. The molecule has 1 saturated carbocycles. The van der Waals surface area contributed by atoms with E-state index in [0.717, 1.165) is 17.9 Å². The summed E-state index contributed by atoms with van der Waals surface area (Å²) in [6.45, 7) is 5.40. The van der Waals surface area contributed by atoms with Crippen molar-refractivity contribution in [3.63, 3.8) is 0 Å². The molecule has 2 aliphatic heterocycles. The first kappa shape index (κ1) is 13.9. The third kappa shape index (κ3) is 3.95. The largest absolute Gasteiger partial charge is 0.314 e. The molecule has 0 aromatic heterocycles. The van der Waals surface area contributed by atoms with Crippen LogP contribution in [-0.4, -0.2) is 37.1 Å². The van der Waals surface area contributed by atoms with E-state index in [9.17, 15) is 0 Å². The average Bonchev–Trinajstić information content (AvgIpc) is 3.01. The minimum atomic E-state index is 0.862. The smallest absolute Gasteiger partial charge is 0.00967 e. The summed E-state index contributed by atoms with van der Waals surface area (Å²) in [6.07, 6.45) is 14.7. The minimum absolute atomic E-state index is 0.862. The first-order valence-electron chi connectivity index (χ1n) is 8.87. The van der Waals surface area contributed by atoms with Gasteiger partial charge in [0, 0.05) is 6.04 Å². The maximum Gasteiger partial charge on any atom is 0.00967 e. The van der Waals surface area contributed by atoms with Crippen molar-refractivity contribution in [2.24, 2.45) is 11.8 Å². The van der Waals surface area contributed by atoms with Gasteiger partial charge in [-0.25, -0.2) is 0 Å². The van der Waals surface area contributed by atoms with Crippen LogP contribution in [-0.2, 0) is 0 Å². The summed E-state index contributed by atoms with van der Waals surface area (Å²) in [5, 5.41) is 3.71. The summed E-state index contributed by atoms with van der Waals surface area (Å²) in [4.78, 5) is 2.75. The van der Waals surface area contributed by atoms with E-state index >= 15 is 0 Å². The predicted octanol–water partition coefficient (Wildman–Crippen LogP) is 3.42. The van der Waals surface area contributed by atoms with Crippen LogP contribution in [0.25, 0.3) is 0 Å². The van der Waals surface area contributed by atoms with Gasteiger partial charge in [0.2, 0.25) is 0 Å². The van der Waals surface area contributed by atoms with Crippen LogP contribution in [0, 0.1) is 11.8 Å². The molecular formula is C17H32N2. The summed E-state index contributed by atoms with van der Waals surface area (Å²) in [5.41, 5.74) is 0. The Morgan fingerprint density at radius 3 is 2.32 bits per heavy atom. The minimum Gasteiger partial charge on any atom is -0.314 e. The Hall–Kier alpha value is -0.0800. The second-order valence-electron chi connectivity index (χ2n) is 7.17. The Balaban J connectivity index is 1.33. The zero-order valence-corrected chi connectivity index (χ0v) is 12.6. The maximum absolute atomic E-state index is 3.71. The van der Waals surface area contributed by atoms with Gasteiger partial charge in [-0.05, 0) is 70.1 Å². The molecule has 1 N–H and O–H groups in total. The highest BCUT2D eigenvalue weighted by atomic mass is 15.1.